The van der Waals surface area contributed by atoms with Gasteiger partial charge in [-0.25, -0.2) is 0 Å². The Morgan fingerprint density at radius 2 is 2.38 bits per heavy atom. The van der Waals surface area contributed by atoms with Crippen LogP contribution in [-0.4, -0.2) is 30.6 Å². The van der Waals surface area contributed by atoms with E-state index in [9.17, 15) is 0 Å². The maximum atomic E-state index is 5.63. The third-order valence-electron chi connectivity index (χ3n) is 2.75. The molecule has 0 radical (unpaired) electrons. The predicted octanol–water partition coefficient (Wildman–Crippen LogP) is 1.62. The molecule has 0 aliphatic carbocycles. The van der Waals surface area contributed by atoms with Crippen LogP contribution >= 0.6 is 0 Å². The molecule has 1 aliphatic heterocycles. The zero-order valence-corrected chi connectivity index (χ0v) is 8.87. The van der Waals surface area contributed by atoms with Crippen molar-refractivity contribution in [3.05, 3.63) is 12.2 Å². The molecule has 2 heteroatoms. The van der Waals surface area contributed by atoms with Crippen LogP contribution in [0.4, 0.5) is 0 Å². The summed E-state index contributed by atoms with van der Waals surface area (Å²) in [5, 5.41) is 0. The number of hydrogen-bond donors (Lipinski definition) is 1. The van der Waals surface area contributed by atoms with Crippen molar-refractivity contribution in [1.82, 2.24) is 4.90 Å². The lowest BCUT2D eigenvalue weighted by Crippen LogP contribution is -2.21. The molecule has 1 rings (SSSR count). The van der Waals surface area contributed by atoms with Crippen LogP contribution in [0, 0.1) is 5.92 Å². The summed E-state index contributed by atoms with van der Waals surface area (Å²) < 4.78 is 0. The molecule has 1 saturated heterocycles. The van der Waals surface area contributed by atoms with Crippen LogP contribution in [-0.2, 0) is 0 Å². The minimum atomic E-state index is 0.199. The van der Waals surface area contributed by atoms with Crippen molar-refractivity contribution >= 4 is 0 Å². The van der Waals surface area contributed by atoms with E-state index < -0.39 is 0 Å². The standard InChI is InChI=1S/C11H22N2/c1-3-11-6-8-13(9-11)7-4-5-10(2)12/h4-5,10-11H,3,6-9,12H2,1-2H3/b5-4+/t10?,11-/m1/s1. The largest absolute Gasteiger partial charge is 0.325 e. The number of nitrogens with two attached hydrogens (primary N) is 1. The molecule has 13 heavy (non-hydrogen) atoms. The van der Waals surface area contributed by atoms with Gasteiger partial charge in [0.05, 0.1) is 0 Å². The molecule has 0 aromatic carbocycles. The molecule has 1 heterocycles. The van der Waals surface area contributed by atoms with Gasteiger partial charge in [-0.15, -0.1) is 0 Å². The molecular formula is C11H22N2. The molecule has 1 fully saturated rings. The molecular weight excluding hydrogens is 160 g/mol. The Morgan fingerprint density at radius 1 is 1.62 bits per heavy atom. The van der Waals surface area contributed by atoms with Gasteiger partial charge in [0.25, 0.3) is 0 Å². The molecule has 1 aliphatic rings. The van der Waals surface area contributed by atoms with Gasteiger partial charge in [0.1, 0.15) is 0 Å². The van der Waals surface area contributed by atoms with Gasteiger partial charge in [0, 0.05) is 19.1 Å². The van der Waals surface area contributed by atoms with E-state index in [0.29, 0.717) is 0 Å². The first-order chi connectivity index (χ1) is 6.22. The summed E-state index contributed by atoms with van der Waals surface area (Å²) in [6.45, 7) is 7.92. The van der Waals surface area contributed by atoms with E-state index in [4.69, 9.17) is 5.73 Å². The maximum absolute atomic E-state index is 5.63. The smallest absolute Gasteiger partial charge is 0.0195 e. The van der Waals surface area contributed by atoms with Crippen LogP contribution in [0.5, 0.6) is 0 Å². The fraction of sp³-hybridized carbons (Fsp3) is 0.818. The first-order valence-corrected chi connectivity index (χ1v) is 5.37. The first-order valence-electron chi connectivity index (χ1n) is 5.37. The normalized spacial score (nSPS) is 27.2. The summed E-state index contributed by atoms with van der Waals surface area (Å²) in [6.07, 6.45) is 6.98. The Bertz CT molecular complexity index is 163. The van der Waals surface area contributed by atoms with E-state index in [0.717, 1.165) is 12.5 Å². The molecule has 0 spiro atoms. The van der Waals surface area contributed by atoms with Crippen LogP contribution in [0.1, 0.15) is 26.7 Å². The molecule has 0 aromatic rings. The topological polar surface area (TPSA) is 29.3 Å². The van der Waals surface area contributed by atoms with E-state index in [2.05, 4.69) is 24.0 Å². The molecule has 2 nitrogen and oxygen atoms in total. The Balaban J connectivity index is 2.17. The second-order valence-electron chi connectivity index (χ2n) is 4.11. The third kappa shape index (κ3) is 3.92. The van der Waals surface area contributed by atoms with Gasteiger partial charge in [0.15, 0.2) is 0 Å². The Hall–Kier alpha value is -0.340. The number of rotatable bonds is 4. The van der Waals surface area contributed by atoms with Crippen molar-refractivity contribution in [3.63, 3.8) is 0 Å². The SMILES string of the molecule is CC[C@@H]1CCN(C/C=C/C(C)N)C1. The van der Waals surface area contributed by atoms with Gasteiger partial charge in [-0.2, -0.15) is 0 Å². The van der Waals surface area contributed by atoms with Crippen molar-refractivity contribution in [2.24, 2.45) is 11.7 Å². The molecule has 0 bridgehead atoms. The summed E-state index contributed by atoms with van der Waals surface area (Å²) in [5.41, 5.74) is 5.63. The van der Waals surface area contributed by atoms with Crippen LogP contribution in [0.2, 0.25) is 0 Å². The third-order valence-corrected chi connectivity index (χ3v) is 2.75. The summed E-state index contributed by atoms with van der Waals surface area (Å²) >= 11 is 0. The molecule has 2 atom stereocenters. The zero-order chi connectivity index (χ0) is 9.68. The highest BCUT2D eigenvalue weighted by atomic mass is 15.1. The van der Waals surface area contributed by atoms with Crippen molar-refractivity contribution in [2.75, 3.05) is 19.6 Å². The van der Waals surface area contributed by atoms with Crippen LogP contribution in [0.25, 0.3) is 0 Å². The van der Waals surface area contributed by atoms with Crippen LogP contribution in [0.3, 0.4) is 0 Å². The van der Waals surface area contributed by atoms with Gasteiger partial charge in [-0.05, 0) is 25.8 Å². The Labute approximate surface area is 81.8 Å². The lowest BCUT2D eigenvalue weighted by molar-refractivity contribution is 0.356. The molecule has 0 amide bonds. The maximum Gasteiger partial charge on any atom is 0.0195 e. The van der Waals surface area contributed by atoms with Crippen molar-refractivity contribution in [1.29, 1.82) is 0 Å². The van der Waals surface area contributed by atoms with E-state index in [-0.39, 0.29) is 6.04 Å². The van der Waals surface area contributed by atoms with Crippen LogP contribution in [0.15, 0.2) is 12.2 Å². The molecule has 1 unspecified atom stereocenters. The zero-order valence-electron chi connectivity index (χ0n) is 8.87. The predicted molar refractivity (Wildman–Crippen MR) is 57.6 cm³/mol. The summed E-state index contributed by atoms with van der Waals surface area (Å²) in [7, 11) is 0. The van der Waals surface area contributed by atoms with Crippen molar-refractivity contribution in [2.45, 2.75) is 32.7 Å². The molecule has 76 valence electrons. The highest BCUT2D eigenvalue weighted by Gasteiger charge is 2.19. The Morgan fingerprint density at radius 3 is 2.92 bits per heavy atom. The number of hydrogen-bond acceptors (Lipinski definition) is 2. The van der Waals surface area contributed by atoms with E-state index in [1.54, 1.807) is 0 Å². The fourth-order valence-corrected chi connectivity index (χ4v) is 1.84. The molecule has 0 saturated carbocycles. The second kappa shape index (κ2) is 5.40. The van der Waals surface area contributed by atoms with Gasteiger partial charge >= 0.3 is 0 Å². The summed E-state index contributed by atoms with van der Waals surface area (Å²) in [4.78, 5) is 2.51. The lowest BCUT2D eigenvalue weighted by Gasteiger charge is -2.12. The molecule has 2 N–H and O–H groups in total. The minimum absolute atomic E-state index is 0.199. The minimum Gasteiger partial charge on any atom is -0.325 e. The Kier molecular flexibility index (Phi) is 4.46. The number of nitrogens with zero attached hydrogens (tertiary/aromatic N) is 1. The van der Waals surface area contributed by atoms with Gasteiger partial charge in [-0.3, -0.25) is 4.90 Å². The first kappa shape index (κ1) is 10.7. The van der Waals surface area contributed by atoms with E-state index in [1.807, 2.05) is 6.92 Å². The van der Waals surface area contributed by atoms with Crippen molar-refractivity contribution in [3.8, 4) is 0 Å². The van der Waals surface area contributed by atoms with E-state index >= 15 is 0 Å². The second-order valence-corrected chi connectivity index (χ2v) is 4.11. The monoisotopic (exact) mass is 182 g/mol. The van der Waals surface area contributed by atoms with Gasteiger partial charge in [0.2, 0.25) is 0 Å². The van der Waals surface area contributed by atoms with Gasteiger partial charge in [-0.1, -0.05) is 25.5 Å². The van der Waals surface area contributed by atoms with E-state index in [1.165, 1.54) is 25.9 Å². The highest BCUT2D eigenvalue weighted by molar-refractivity contribution is 4.92. The summed E-state index contributed by atoms with van der Waals surface area (Å²) in [5.74, 6) is 0.934. The molecule has 0 aromatic heterocycles. The van der Waals surface area contributed by atoms with Crippen molar-refractivity contribution < 1.29 is 0 Å². The average molecular weight is 182 g/mol. The number of likely N-dealkylation sites (tertiary alicyclic amines) is 1. The van der Waals surface area contributed by atoms with Gasteiger partial charge < -0.3 is 5.73 Å². The summed E-state index contributed by atoms with van der Waals surface area (Å²) in [6, 6.07) is 0.199. The quantitative estimate of drug-likeness (QED) is 0.669. The van der Waals surface area contributed by atoms with Crippen LogP contribution < -0.4 is 5.73 Å². The lowest BCUT2D eigenvalue weighted by atomic mass is 10.1. The fourth-order valence-electron chi connectivity index (χ4n) is 1.84. The average Bonchev–Trinajstić information content (AvgIpc) is 2.52. The highest BCUT2D eigenvalue weighted by Crippen LogP contribution is 2.18.